The van der Waals surface area contributed by atoms with E-state index in [1.165, 1.54) is 22.5 Å². The highest BCUT2D eigenvalue weighted by molar-refractivity contribution is 7.09. The Morgan fingerprint density at radius 3 is 2.54 bits per heavy atom. The number of methoxy groups -OCH3 is 1. The SMILES string of the molecule is COc1ccc(C2CCC(CN(C(=O)C3CCC(O)CC3)c3cccc(C#Cc4nncs4)c3)CC2)cc1C. The molecule has 3 aromatic rings. The summed E-state index contributed by atoms with van der Waals surface area (Å²) in [6.07, 6.45) is 7.06. The molecule has 1 amide bonds. The number of rotatable bonds is 6. The van der Waals surface area contributed by atoms with E-state index >= 15 is 0 Å². The number of anilines is 1. The number of nitrogens with zero attached hydrogens (tertiary/aromatic N) is 3. The molecule has 0 saturated heterocycles. The van der Waals surface area contributed by atoms with Gasteiger partial charge >= 0.3 is 0 Å². The molecule has 7 heteroatoms. The smallest absolute Gasteiger partial charge is 0.230 e. The van der Waals surface area contributed by atoms with Crippen LogP contribution in [-0.2, 0) is 4.79 Å². The Morgan fingerprint density at radius 1 is 1.05 bits per heavy atom. The summed E-state index contributed by atoms with van der Waals surface area (Å²) >= 11 is 1.41. The lowest BCUT2D eigenvalue weighted by molar-refractivity contribution is -0.124. The quantitative estimate of drug-likeness (QED) is 0.380. The van der Waals surface area contributed by atoms with Crippen molar-refractivity contribution in [1.82, 2.24) is 10.2 Å². The normalized spacial score (nSPS) is 22.9. The van der Waals surface area contributed by atoms with Crippen LogP contribution in [0.25, 0.3) is 0 Å². The molecule has 2 aliphatic carbocycles. The summed E-state index contributed by atoms with van der Waals surface area (Å²) in [6.45, 7) is 2.83. The van der Waals surface area contributed by atoms with Crippen LogP contribution in [0.15, 0.2) is 48.0 Å². The van der Waals surface area contributed by atoms with Gasteiger partial charge in [0.05, 0.1) is 13.2 Å². The van der Waals surface area contributed by atoms with E-state index in [2.05, 4.69) is 47.2 Å². The van der Waals surface area contributed by atoms with Crippen molar-refractivity contribution in [2.45, 2.75) is 70.3 Å². The number of carbonyl (C=O) groups is 1. The monoisotopic (exact) mass is 543 g/mol. The first-order valence-corrected chi connectivity index (χ1v) is 14.9. The molecule has 1 aromatic heterocycles. The molecule has 0 spiro atoms. The lowest BCUT2D eigenvalue weighted by atomic mass is 9.78. The average molecular weight is 544 g/mol. The molecule has 2 saturated carbocycles. The molecule has 0 bridgehead atoms. The molecule has 0 radical (unpaired) electrons. The van der Waals surface area contributed by atoms with Gasteiger partial charge in [0, 0.05) is 23.7 Å². The van der Waals surface area contributed by atoms with Gasteiger partial charge in [0.25, 0.3) is 0 Å². The molecule has 1 heterocycles. The van der Waals surface area contributed by atoms with Crippen molar-refractivity contribution in [1.29, 1.82) is 0 Å². The number of amides is 1. The van der Waals surface area contributed by atoms with Gasteiger partial charge in [-0.1, -0.05) is 35.5 Å². The molecule has 39 heavy (non-hydrogen) atoms. The number of benzene rings is 2. The highest BCUT2D eigenvalue weighted by Crippen LogP contribution is 2.38. The fourth-order valence-corrected chi connectivity index (χ4v) is 6.46. The molecule has 2 aromatic carbocycles. The van der Waals surface area contributed by atoms with Crippen LogP contribution in [0, 0.1) is 30.6 Å². The zero-order valence-electron chi connectivity index (χ0n) is 22.8. The Hall–Kier alpha value is -3.21. The van der Waals surface area contributed by atoms with Gasteiger partial charge in [0.15, 0.2) is 5.01 Å². The minimum absolute atomic E-state index is 0.0388. The van der Waals surface area contributed by atoms with E-state index in [4.69, 9.17) is 4.74 Å². The van der Waals surface area contributed by atoms with Crippen LogP contribution in [0.4, 0.5) is 5.69 Å². The Labute approximate surface area is 235 Å². The van der Waals surface area contributed by atoms with Crippen molar-refractivity contribution >= 4 is 22.9 Å². The van der Waals surface area contributed by atoms with Gasteiger partial charge in [-0.05, 0) is 111 Å². The molecule has 1 N–H and O–H groups in total. The Kier molecular flexibility index (Phi) is 8.95. The molecule has 0 unspecified atom stereocenters. The zero-order chi connectivity index (χ0) is 27.2. The topological polar surface area (TPSA) is 75.5 Å². The predicted molar refractivity (Wildman–Crippen MR) is 155 cm³/mol. The van der Waals surface area contributed by atoms with Gasteiger partial charge in [0.2, 0.25) is 5.91 Å². The maximum atomic E-state index is 13.9. The van der Waals surface area contributed by atoms with Gasteiger partial charge < -0.3 is 14.7 Å². The number of ether oxygens (including phenoxy) is 1. The van der Waals surface area contributed by atoms with Crippen molar-refractivity contribution < 1.29 is 14.6 Å². The van der Waals surface area contributed by atoms with Crippen molar-refractivity contribution in [2.75, 3.05) is 18.6 Å². The maximum Gasteiger partial charge on any atom is 0.230 e. The third-order valence-electron chi connectivity index (χ3n) is 8.32. The van der Waals surface area contributed by atoms with Gasteiger partial charge in [-0.2, -0.15) is 0 Å². The third-order valence-corrected chi connectivity index (χ3v) is 8.93. The summed E-state index contributed by atoms with van der Waals surface area (Å²) in [5.74, 6) is 8.34. The number of hydrogen-bond donors (Lipinski definition) is 1. The van der Waals surface area contributed by atoms with E-state index < -0.39 is 0 Å². The third kappa shape index (κ3) is 6.87. The van der Waals surface area contributed by atoms with Crippen molar-refractivity contribution in [3.8, 4) is 17.6 Å². The van der Waals surface area contributed by atoms with Crippen LogP contribution >= 0.6 is 11.3 Å². The highest BCUT2D eigenvalue weighted by Gasteiger charge is 2.32. The number of aryl methyl sites for hydroxylation is 1. The average Bonchev–Trinajstić information content (AvgIpc) is 3.49. The standard InChI is InChI=1S/C32H37N3O3S/c1-22-18-27(13-16-30(22)38-2)25-9-6-24(7-10-25)20-35(32(37)26-11-14-29(36)15-12-26)28-5-3-4-23(19-28)8-17-31-34-33-21-39-31/h3-5,13,16,18-19,21,24-26,29,36H,6-7,9-12,14-15,20H2,1-2H3. The highest BCUT2D eigenvalue weighted by atomic mass is 32.1. The van der Waals surface area contributed by atoms with Gasteiger partial charge in [0.1, 0.15) is 11.3 Å². The molecule has 2 aliphatic rings. The molecular formula is C32H37N3O3S. The summed E-state index contributed by atoms with van der Waals surface area (Å²) in [6, 6.07) is 14.6. The summed E-state index contributed by atoms with van der Waals surface area (Å²) < 4.78 is 5.45. The van der Waals surface area contributed by atoms with Gasteiger partial charge in [-0.15, -0.1) is 10.2 Å². The van der Waals surface area contributed by atoms with E-state index in [0.717, 1.165) is 62.1 Å². The van der Waals surface area contributed by atoms with Gasteiger partial charge in [-0.3, -0.25) is 4.79 Å². The Balaban J connectivity index is 1.31. The minimum atomic E-state index is -0.279. The second-order valence-corrected chi connectivity index (χ2v) is 11.8. The fraction of sp³-hybridized carbons (Fsp3) is 0.469. The van der Waals surface area contributed by atoms with Crippen LogP contribution in [0.2, 0.25) is 0 Å². The van der Waals surface area contributed by atoms with Crippen LogP contribution in [-0.4, -0.2) is 41.0 Å². The predicted octanol–water partition coefficient (Wildman–Crippen LogP) is 6.11. The van der Waals surface area contributed by atoms with E-state index in [0.29, 0.717) is 29.7 Å². The summed E-state index contributed by atoms with van der Waals surface area (Å²) in [5, 5.41) is 18.5. The first-order valence-electron chi connectivity index (χ1n) is 14.0. The maximum absolute atomic E-state index is 13.9. The van der Waals surface area contributed by atoms with Crippen LogP contribution < -0.4 is 9.64 Å². The lowest BCUT2D eigenvalue weighted by Crippen LogP contribution is -2.41. The molecule has 0 atom stereocenters. The number of carbonyl (C=O) groups excluding carboxylic acids is 1. The zero-order valence-corrected chi connectivity index (χ0v) is 23.6. The first-order chi connectivity index (χ1) is 19.0. The largest absolute Gasteiger partial charge is 0.496 e. The second-order valence-electron chi connectivity index (χ2n) is 10.9. The van der Waals surface area contributed by atoms with Crippen LogP contribution in [0.1, 0.15) is 79.0 Å². The number of hydrogen-bond acceptors (Lipinski definition) is 6. The van der Waals surface area contributed by atoms with E-state index in [1.54, 1.807) is 12.6 Å². The Bertz CT molecular complexity index is 1310. The van der Waals surface area contributed by atoms with Crippen molar-refractivity contribution in [3.05, 3.63) is 69.7 Å². The summed E-state index contributed by atoms with van der Waals surface area (Å²) in [4.78, 5) is 15.9. The molecule has 0 aliphatic heterocycles. The van der Waals surface area contributed by atoms with Crippen LogP contribution in [0.5, 0.6) is 5.75 Å². The van der Waals surface area contributed by atoms with E-state index in [-0.39, 0.29) is 17.9 Å². The fourth-order valence-electron chi connectivity index (χ4n) is 6.06. The lowest BCUT2D eigenvalue weighted by Gasteiger charge is -2.36. The van der Waals surface area contributed by atoms with E-state index in [9.17, 15) is 9.90 Å². The molecule has 5 rings (SSSR count). The molecule has 2 fully saturated rings. The number of aromatic nitrogens is 2. The van der Waals surface area contributed by atoms with Crippen molar-refractivity contribution in [2.24, 2.45) is 11.8 Å². The van der Waals surface area contributed by atoms with E-state index in [1.807, 2.05) is 29.2 Å². The summed E-state index contributed by atoms with van der Waals surface area (Å²) in [7, 11) is 1.72. The number of aliphatic hydroxyl groups excluding tert-OH is 1. The van der Waals surface area contributed by atoms with Gasteiger partial charge in [-0.25, -0.2) is 0 Å². The summed E-state index contributed by atoms with van der Waals surface area (Å²) in [5.41, 5.74) is 6.01. The Morgan fingerprint density at radius 2 is 1.85 bits per heavy atom. The minimum Gasteiger partial charge on any atom is -0.496 e. The van der Waals surface area contributed by atoms with Crippen LogP contribution in [0.3, 0.4) is 0 Å². The van der Waals surface area contributed by atoms with Crippen molar-refractivity contribution in [3.63, 3.8) is 0 Å². The first kappa shape index (κ1) is 27.4. The second kappa shape index (κ2) is 12.8. The molecular weight excluding hydrogens is 506 g/mol. The number of aliphatic hydroxyl groups is 1. The molecule has 204 valence electrons. The molecule has 6 nitrogen and oxygen atoms in total.